The summed E-state index contributed by atoms with van der Waals surface area (Å²) in [5.74, 6) is 5.74. The van der Waals surface area contributed by atoms with Crippen LogP contribution in [0.4, 0.5) is 0 Å². The third kappa shape index (κ3) is 6.95. The summed E-state index contributed by atoms with van der Waals surface area (Å²) in [5, 5.41) is 21.2. The highest BCUT2D eigenvalue weighted by Crippen LogP contribution is 2.14. The zero-order valence-electron chi connectivity index (χ0n) is 14.7. The number of allylic oxidation sites excluding steroid dienone is 1. The molecule has 0 aliphatic rings. The van der Waals surface area contributed by atoms with Crippen LogP contribution in [0.15, 0.2) is 36.4 Å². The molecule has 0 bridgehead atoms. The maximum absolute atomic E-state index is 12.3. The monoisotopic (exact) mass is 347 g/mol. The minimum absolute atomic E-state index is 0.218. The second-order valence-corrected chi connectivity index (χ2v) is 6.24. The summed E-state index contributed by atoms with van der Waals surface area (Å²) in [6.45, 7) is 8.95. The molecule has 7 nitrogen and oxygen atoms in total. The summed E-state index contributed by atoms with van der Waals surface area (Å²) in [5.41, 5.74) is 7.78. The lowest BCUT2D eigenvalue weighted by molar-refractivity contribution is -0.0327. The summed E-state index contributed by atoms with van der Waals surface area (Å²) in [6.07, 6.45) is -1.40. The topological polar surface area (TPSA) is 117 Å². The van der Waals surface area contributed by atoms with Gasteiger partial charge in [-0.1, -0.05) is 18.4 Å². The van der Waals surface area contributed by atoms with Crippen molar-refractivity contribution in [3.05, 3.63) is 42.0 Å². The SMILES string of the molecule is C=C(C)C#CCOc1ccc(C(=O)N[C@H](C(O)NO)C(C)(C)N)cc1. The number of carbonyl (C=O) groups is 1. The number of nitrogens with one attached hydrogen (secondary N) is 2. The molecule has 1 unspecified atom stereocenters. The van der Waals surface area contributed by atoms with Gasteiger partial charge in [0.15, 0.2) is 0 Å². The van der Waals surface area contributed by atoms with Gasteiger partial charge < -0.3 is 26.1 Å². The molecule has 0 heterocycles. The van der Waals surface area contributed by atoms with Gasteiger partial charge in [-0.2, -0.15) is 5.48 Å². The number of hydrogen-bond donors (Lipinski definition) is 5. The summed E-state index contributed by atoms with van der Waals surface area (Å²) in [4.78, 5) is 12.3. The number of benzene rings is 1. The van der Waals surface area contributed by atoms with E-state index in [0.717, 1.165) is 5.57 Å². The van der Waals surface area contributed by atoms with Crippen molar-refractivity contribution in [1.82, 2.24) is 10.8 Å². The van der Waals surface area contributed by atoms with Crippen molar-refractivity contribution in [2.75, 3.05) is 6.61 Å². The lowest BCUT2D eigenvalue weighted by Gasteiger charge is -2.34. The van der Waals surface area contributed by atoms with Gasteiger partial charge in [-0.25, -0.2) is 0 Å². The van der Waals surface area contributed by atoms with E-state index >= 15 is 0 Å². The quantitative estimate of drug-likeness (QED) is 0.283. The van der Waals surface area contributed by atoms with Crippen molar-refractivity contribution in [1.29, 1.82) is 0 Å². The van der Waals surface area contributed by atoms with Gasteiger partial charge in [0, 0.05) is 11.1 Å². The Morgan fingerprint density at radius 1 is 1.40 bits per heavy atom. The van der Waals surface area contributed by atoms with Crippen molar-refractivity contribution in [2.24, 2.45) is 5.73 Å². The minimum Gasteiger partial charge on any atom is -0.481 e. The standard InChI is InChI=1S/C18H25N3O4/c1-12(2)6-5-11-25-14-9-7-13(8-10-14)16(22)20-15(17(23)21-24)18(3,4)19/h7-10,15,17,21,23-24H,1,11,19H2,2-4H3,(H,20,22)/t15-,17?/m1/s1. The molecule has 0 saturated heterocycles. The average molecular weight is 347 g/mol. The van der Waals surface area contributed by atoms with Crippen LogP contribution in [0.1, 0.15) is 31.1 Å². The van der Waals surface area contributed by atoms with E-state index in [2.05, 4.69) is 23.7 Å². The maximum Gasteiger partial charge on any atom is 0.251 e. The van der Waals surface area contributed by atoms with Gasteiger partial charge in [0.05, 0.1) is 6.04 Å². The van der Waals surface area contributed by atoms with Crippen molar-refractivity contribution < 1.29 is 19.8 Å². The molecule has 136 valence electrons. The van der Waals surface area contributed by atoms with Crippen LogP contribution in [0.3, 0.4) is 0 Å². The molecular weight excluding hydrogens is 322 g/mol. The number of hydrogen-bond acceptors (Lipinski definition) is 6. The lowest BCUT2D eigenvalue weighted by atomic mass is 9.94. The number of aliphatic hydroxyl groups is 1. The number of rotatable bonds is 7. The Kier molecular flexibility index (Phi) is 7.61. The van der Waals surface area contributed by atoms with Crippen LogP contribution in [0, 0.1) is 11.8 Å². The summed E-state index contributed by atoms with van der Waals surface area (Å²) >= 11 is 0. The molecular formula is C18H25N3O4. The van der Waals surface area contributed by atoms with Crippen LogP contribution >= 0.6 is 0 Å². The zero-order valence-corrected chi connectivity index (χ0v) is 14.7. The molecule has 1 amide bonds. The van der Waals surface area contributed by atoms with E-state index in [1.807, 2.05) is 0 Å². The number of carbonyl (C=O) groups excluding carboxylic acids is 1. The van der Waals surface area contributed by atoms with Crippen LogP contribution in [0.5, 0.6) is 5.75 Å². The first-order valence-electron chi connectivity index (χ1n) is 7.70. The van der Waals surface area contributed by atoms with Crippen LogP contribution < -0.4 is 21.3 Å². The van der Waals surface area contributed by atoms with Gasteiger partial charge in [-0.3, -0.25) is 4.79 Å². The third-order valence-corrected chi connectivity index (χ3v) is 3.27. The van der Waals surface area contributed by atoms with Gasteiger partial charge in [-0.05, 0) is 50.6 Å². The Bertz CT molecular complexity index is 654. The number of amides is 1. The Hall–Kier alpha value is -2.37. The molecule has 0 aliphatic heterocycles. The van der Waals surface area contributed by atoms with E-state index in [-0.39, 0.29) is 6.61 Å². The van der Waals surface area contributed by atoms with Gasteiger partial charge in [-0.15, -0.1) is 0 Å². The van der Waals surface area contributed by atoms with Crippen molar-refractivity contribution in [2.45, 2.75) is 38.6 Å². The Balaban J connectivity index is 2.73. The number of hydroxylamine groups is 1. The van der Waals surface area contributed by atoms with Crippen LogP contribution in [-0.2, 0) is 0 Å². The molecule has 1 aromatic rings. The molecule has 6 N–H and O–H groups in total. The van der Waals surface area contributed by atoms with Crippen molar-refractivity contribution in [3.8, 4) is 17.6 Å². The fourth-order valence-electron chi connectivity index (χ4n) is 1.98. The third-order valence-electron chi connectivity index (χ3n) is 3.27. The molecule has 0 aliphatic carbocycles. The molecule has 2 atom stereocenters. The zero-order chi connectivity index (χ0) is 19.0. The summed E-state index contributed by atoms with van der Waals surface area (Å²) < 4.78 is 5.43. The molecule has 0 spiro atoms. The molecule has 1 aromatic carbocycles. The van der Waals surface area contributed by atoms with E-state index in [1.54, 1.807) is 50.5 Å². The number of ether oxygens (including phenoxy) is 1. The highest BCUT2D eigenvalue weighted by atomic mass is 16.5. The summed E-state index contributed by atoms with van der Waals surface area (Å²) in [7, 11) is 0. The molecule has 1 rings (SSSR count). The second-order valence-electron chi connectivity index (χ2n) is 6.24. The fraction of sp³-hybridized carbons (Fsp3) is 0.389. The second kappa shape index (κ2) is 9.20. The molecule has 0 fully saturated rings. The van der Waals surface area contributed by atoms with Gasteiger partial charge >= 0.3 is 0 Å². The first kappa shape index (κ1) is 20.7. The van der Waals surface area contributed by atoms with Crippen LogP contribution in [0.25, 0.3) is 0 Å². The van der Waals surface area contributed by atoms with Crippen LogP contribution in [0.2, 0.25) is 0 Å². The normalized spacial score (nSPS) is 13.2. The van der Waals surface area contributed by atoms with Gasteiger partial charge in [0.1, 0.15) is 18.6 Å². The molecule has 0 saturated carbocycles. The van der Waals surface area contributed by atoms with E-state index in [9.17, 15) is 9.90 Å². The smallest absolute Gasteiger partial charge is 0.251 e. The molecule has 0 radical (unpaired) electrons. The number of nitrogens with two attached hydrogens (primary N) is 1. The predicted octanol–water partition coefficient (Wildman–Crippen LogP) is 0.778. The van der Waals surface area contributed by atoms with Gasteiger partial charge in [0.2, 0.25) is 0 Å². The molecule has 7 heteroatoms. The first-order valence-corrected chi connectivity index (χ1v) is 7.70. The van der Waals surface area contributed by atoms with Crippen molar-refractivity contribution >= 4 is 5.91 Å². The molecule has 0 aromatic heterocycles. The van der Waals surface area contributed by atoms with Crippen LogP contribution in [-0.4, -0.2) is 40.6 Å². The predicted molar refractivity (Wildman–Crippen MR) is 95.0 cm³/mol. The Morgan fingerprint density at radius 3 is 2.48 bits per heavy atom. The largest absolute Gasteiger partial charge is 0.481 e. The minimum atomic E-state index is -1.40. The van der Waals surface area contributed by atoms with E-state index in [1.165, 1.54) is 0 Å². The van der Waals surface area contributed by atoms with E-state index in [4.69, 9.17) is 15.7 Å². The van der Waals surface area contributed by atoms with E-state index in [0.29, 0.717) is 11.3 Å². The Labute approximate surface area is 147 Å². The summed E-state index contributed by atoms with van der Waals surface area (Å²) in [6, 6.07) is 5.53. The van der Waals surface area contributed by atoms with E-state index < -0.39 is 23.7 Å². The van der Waals surface area contributed by atoms with Crippen molar-refractivity contribution in [3.63, 3.8) is 0 Å². The highest BCUT2D eigenvalue weighted by Gasteiger charge is 2.33. The molecule has 25 heavy (non-hydrogen) atoms. The first-order chi connectivity index (χ1) is 11.6. The fourth-order valence-corrected chi connectivity index (χ4v) is 1.98. The lowest BCUT2D eigenvalue weighted by Crippen LogP contribution is -2.63. The Morgan fingerprint density at radius 2 is 2.00 bits per heavy atom. The van der Waals surface area contributed by atoms with Gasteiger partial charge in [0.25, 0.3) is 5.91 Å². The average Bonchev–Trinajstić information content (AvgIpc) is 2.55. The number of aliphatic hydroxyl groups excluding tert-OH is 1. The maximum atomic E-state index is 12.3. The highest BCUT2D eigenvalue weighted by molar-refractivity contribution is 5.94.